The van der Waals surface area contributed by atoms with Gasteiger partial charge in [0.1, 0.15) is 11.5 Å². The molecule has 152 valence electrons. The number of hydrogen-bond donors (Lipinski definition) is 2. The molecule has 0 bridgehead atoms. The maximum Gasteiger partial charge on any atom is 0.251 e. The number of benzene rings is 2. The van der Waals surface area contributed by atoms with Crippen LogP contribution in [0.25, 0.3) is 0 Å². The van der Waals surface area contributed by atoms with E-state index in [1.165, 1.54) is 5.56 Å². The summed E-state index contributed by atoms with van der Waals surface area (Å²) in [5, 5.41) is 11.9. The fourth-order valence-electron chi connectivity index (χ4n) is 2.56. The zero-order valence-electron chi connectivity index (χ0n) is 17.2. The molecule has 1 atom stereocenters. The predicted molar refractivity (Wildman–Crippen MR) is 111 cm³/mol. The molecule has 0 spiro atoms. The summed E-state index contributed by atoms with van der Waals surface area (Å²) >= 11 is 0. The minimum absolute atomic E-state index is 0.133. The number of nitrogens with one attached hydrogen (secondary N) is 1. The Hall–Kier alpha value is -2.53. The molecule has 0 saturated carbocycles. The third-order valence-electron chi connectivity index (χ3n) is 4.20. The zero-order valence-corrected chi connectivity index (χ0v) is 17.2. The summed E-state index contributed by atoms with van der Waals surface area (Å²) in [6.45, 7) is 9.46. The second-order valence-corrected chi connectivity index (χ2v) is 7.91. The summed E-state index contributed by atoms with van der Waals surface area (Å²) in [5.41, 5.74) is 1.92. The predicted octanol–water partition coefficient (Wildman–Crippen LogP) is 3.94. The lowest BCUT2D eigenvalue weighted by molar-refractivity contribution is 0.0923. The minimum Gasteiger partial charge on any atom is -0.493 e. The van der Waals surface area contributed by atoms with E-state index >= 15 is 0 Å². The van der Waals surface area contributed by atoms with Gasteiger partial charge in [-0.25, -0.2) is 0 Å². The highest BCUT2D eigenvalue weighted by Gasteiger charge is 2.13. The smallest absolute Gasteiger partial charge is 0.251 e. The van der Waals surface area contributed by atoms with Crippen molar-refractivity contribution in [2.45, 2.75) is 45.6 Å². The van der Waals surface area contributed by atoms with E-state index in [0.717, 1.165) is 12.2 Å². The van der Waals surface area contributed by atoms with Gasteiger partial charge in [-0.05, 0) is 48.2 Å². The quantitative estimate of drug-likeness (QED) is 0.642. The fraction of sp³-hybridized carbons (Fsp3) is 0.435. The lowest BCUT2D eigenvalue weighted by Crippen LogP contribution is -2.30. The molecular weight excluding hydrogens is 354 g/mol. The molecule has 5 heteroatoms. The first-order valence-electron chi connectivity index (χ1n) is 9.68. The van der Waals surface area contributed by atoms with Crippen molar-refractivity contribution in [3.8, 4) is 11.5 Å². The first-order chi connectivity index (χ1) is 13.3. The number of aliphatic hydroxyl groups is 1. The van der Waals surface area contributed by atoms with Crippen molar-refractivity contribution in [1.29, 1.82) is 0 Å². The Kier molecular flexibility index (Phi) is 7.88. The SMILES string of the molecule is CC(O)CNC(=O)c1cccc(OCCCOc2ccc(C(C)(C)C)cc2)c1. The van der Waals surface area contributed by atoms with E-state index in [0.29, 0.717) is 24.5 Å². The van der Waals surface area contributed by atoms with Gasteiger partial charge in [-0.3, -0.25) is 4.79 Å². The summed E-state index contributed by atoms with van der Waals surface area (Å²) < 4.78 is 11.5. The molecule has 0 saturated heterocycles. The van der Waals surface area contributed by atoms with E-state index in [9.17, 15) is 9.90 Å². The lowest BCUT2D eigenvalue weighted by atomic mass is 9.87. The Morgan fingerprint density at radius 2 is 1.68 bits per heavy atom. The Labute approximate surface area is 167 Å². The molecule has 28 heavy (non-hydrogen) atoms. The van der Waals surface area contributed by atoms with Crippen molar-refractivity contribution in [3.63, 3.8) is 0 Å². The fourth-order valence-corrected chi connectivity index (χ4v) is 2.56. The van der Waals surface area contributed by atoms with Gasteiger partial charge in [-0.1, -0.05) is 39.0 Å². The van der Waals surface area contributed by atoms with Gasteiger partial charge in [0.2, 0.25) is 0 Å². The molecule has 0 aliphatic carbocycles. The second kappa shape index (κ2) is 10.1. The monoisotopic (exact) mass is 385 g/mol. The van der Waals surface area contributed by atoms with Gasteiger partial charge in [0, 0.05) is 18.5 Å². The van der Waals surface area contributed by atoms with E-state index in [1.807, 2.05) is 18.2 Å². The number of carbonyl (C=O) groups excluding carboxylic acids is 1. The molecule has 0 heterocycles. The standard InChI is InChI=1S/C23H31NO4/c1-17(25)16-24-22(26)18-7-5-8-21(15-18)28-14-6-13-27-20-11-9-19(10-12-20)23(2,3)4/h5,7-12,15,17,25H,6,13-14,16H2,1-4H3,(H,24,26). The number of amides is 1. The van der Waals surface area contributed by atoms with E-state index in [1.54, 1.807) is 25.1 Å². The average Bonchev–Trinajstić information content (AvgIpc) is 2.65. The van der Waals surface area contributed by atoms with Gasteiger partial charge in [0.15, 0.2) is 0 Å². The van der Waals surface area contributed by atoms with Crippen molar-refractivity contribution < 1.29 is 19.4 Å². The van der Waals surface area contributed by atoms with Crippen LogP contribution in [0.1, 0.15) is 50.0 Å². The van der Waals surface area contributed by atoms with Gasteiger partial charge < -0.3 is 19.9 Å². The lowest BCUT2D eigenvalue weighted by Gasteiger charge is -2.19. The summed E-state index contributed by atoms with van der Waals surface area (Å²) in [6, 6.07) is 15.2. The van der Waals surface area contributed by atoms with Crippen LogP contribution >= 0.6 is 0 Å². The van der Waals surface area contributed by atoms with Gasteiger partial charge in [-0.2, -0.15) is 0 Å². The molecule has 2 N–H and O–H groups in total. The number of ether oxygens (including phenoxy) is 2. The topological polar surface area (TPSA) is 67.8 Å². The van der Waals surface area contributed by atoms with Gasteiger partial charge in [0.05, 0.1) is 19.3 Å². The maximum absolute atomic E-state index is 12.0. The molecule has 1 unspecified atom stereocenters. The van der Waals surface area contributed by atoms with Crippen LogP contribution in [0.3, 0.4) is 0 Å². The van der Waals surface area contributed by atoms with Crippen LogP contribution in [-0.2, 0) is 5.41 Å². The molecule has 5 nitrogen and oxygen atoms in total. The minimum atomic E-state index is -0.576. The summed E-state index contributed by atoms with van der Waals surface area (Å²) in [4.78, 5) is 12.0. The van der Waals surface area contributed by atoms with Crippen molar-refractivity contribution >= 4 is 5.91 Å². The molecule has 0 aromatic heterocycles. The highest BCUT2D eigenvalue weighted by atomic mass is 16.5. The van der Waals surface area contributed by atoms with Crippen molar-refractivity contribution in [1.82, 2.24) is 5.32 Å². The molecule has 0 fully saturated rings. The van der Waals surface area contributed by atoms with Crippen LogP contribution in [-0.4, -0.2) is 36.9 Å². The number of carbonyl (C=O) groups is 1. The van der Waals surface area contributed by atoms with Gasteiger partial charge in [-0.15, -0.1) is 0 Å². The van der Waals surface area contributed by atoms with E-state index in [-0.39, 0.29) is 17.9 Å². The first kappa shape index (κ1) is 21.8. The van der Waals surface area contributed by atoms with Gasteiger partial charge in [0.25, 0.3) is 5.91 Å². The Balaban J connectivity index is 1.73. The van der Waals surface area contributed by atoms with Crippen molar-refractivity contribution in [2.24, 2.45) is 0 Å². The number of aliphatic hydroxyl groups excluding tert-OH is 1. The summed E-state index contributed by atoms with van der Waals surface area (Å²) in [5.74, 6) is 1.26. The molecule has 2 aromatic rings. The van der Waals surface area contributed by atoms with E-state index < -0.39 is 6.10 Å². The molecule has 2 aromatic carbocycles. The van der Waals surface area contributed by atoms with Crippen LogP contribution in [0.15, 0.2) is 48.5 Å². The van der Waals surface area contributed by atoms with Gasteiger partial charge >= 0.3 is 0 Å². The third kappa shape index (κ3) is 7.24. The number of hydrogen-bond acceptors (Lipinski definition) is 4. The average molecular weight is 386 g/mol. The Bertz CT molecular complexity index is 748. The molecular formula is C23H31NO4. The molecule has 0 aliphatic heterocycles. The molecule has 0 radical (unpaired) electrons. The second-order valence-electron chi connectivity index (χ2n) is 7.91. The van der Waals surface area contributed by atoms with E-state index in [4.69, 9.17) is 9.47 Å². The van der Waals surface area contributed by atoms with Crippen molar-refractivity contribution in [3.05, 3.63) is 59.7 Å². The highest BCUT2D eigenvalue weighted by Crippen LogP contribution is 2.24. The van der Waals surface area contributed by atoms with E-state index in [2.05, 4.69) is 38.2 Å². The molecule has 0 aliphatic rings. The van der Waals surface area contributed by atoms with Crippen LogP contribution < -0.4 is 14.8 Å². The Morgan fingerprint density at radius 1 is 1.04 bits per heavy atom. The van der Waals surface area contributed by atoms with Crippen molar-refractivity contribution in [2.75, 3.05) is 19.8 Å². The summed E-state index contributed by atoms with van der Waals surface area (Å²) in [6.07, 6.45) is 0.160. The first-order valence-corrected chi connectivity index (χ1v) is 9.68. The highest BCUT2D eigenvalue weighted by molar-refractivity contribution is 5.94. The summed E-state index contributed by atoms with van der Waals surface area (Å²) in [7, 11) is 0. The normalized spacial score (nSPS) is 12.3. The molecule has 2 rings (SSSR count). The zero-order chi connectivity index (χ0) is 20.6. The van der Waals surface area contributed by atoms with Crippen LogP contribution in [0.5, 0.6) is 11.5 Å². The Morgan fingerprint density at radius 3 is 2.29 bits per heavy atom. The van der Waals surface area contributed by atoms with Crippen LogP contribution in [0, 0.1) is 0 Å². The largest absolute Gasteiger partial charge is 0.493 e. The maximum atomic E-state index is 12.0. The van der Waals surface area contributed by atoms with Crippen LogP contribution in [0.2, 0.25) is 0 Å². The number of rotatable bonds is 9. The van der Waals surface area contributed by atoms with Crippen LogP contribution in [0.4, 0.5) is 0 Å². The molecule has 1 amide bonds. The third-order valence-corrected chi connectivity index (χ3v) is 4.20.